The minimum atomic E-state index is 0.824. The van der Waals surface area contributed by atoms with Crippen LogP contribution >= 0.6 is 0 Å². The van der Waals surface area contributed by atoms with Crippen LogP contribution in [0, 0.1) is 13.8 Å². The monoisotopic (exact) mass is 265 g/mol. The quantitative estimate of drug-likeness (QED) is 0.738. The van der Waals surface area contributed by atoms with Gasteiger partial charge in [-0.3, -0.25) is 0 Å². The lowest BCUT2D eigenvalue weighted by molar-refractivity contribution is 0.911. The van der Waals surface area contributed by atoms with Crippen molar-refractivity contribution in [3.05, 3.63) is 65.1 Å². The molecule has 0 spiro atoms. The predicted molar refractivity (Wildman–Crippen MR) is 82.9 cm³/mol. The number of rotatable bonds is 3. The second-order valence-corrected chi connectivity index (χ2v) is 5.32. The van der Waals surface area contributed by atoms with Crippen LogP contribution in [0.3, 0.4) is 0 Å². The molecule has 20 heavy (non-hydrogen) atoms. The van der Waals surface area contributed by atoms with Gasteiger partial charge in [-0.05, 0) is 62.1 Å². The fraction of sp³-hybridized carbons (Fsp3) is 0.235. The zero-order chi connectivity index (χ0) is 14.1. The van der Waals surface area contributed by atoms with Gasteiger partial charge in [0.05, 0.1) is 5.69 Å². The van der Waals surface area contributed by atoms with Gasteiger partial charge < -0.3 is 10.1 Å². The second-order valence-electron chi connectivity index (χ2n) is 5.32. The summed E-state index contributed by atoms with van der Waals surface area (Å²) in [6.45, 7) is 4.22. The number of nitrogens with two attached hydrogens (primary N) is 1. The first-order valence-corrected chi connectivity index (χ1v) is 6.92. The van der Waals surface area contributed by atoms with Gasteiger partial charge in [0.1, 0.15) is 5.65 Å². The van der Waals surface area contributed by atoms with Crippen molar-refractivity contribution >= 4 is 11.3 Å². The van der Waals surface area contributed by atoms with Crippen LogP contribution in [-0.2, 0) is 12.8 Å². The molecule has 0 bridgehead atoms. The number of fused-ring (bicyclic) bond motifs is 1. The molecule has 0 unspecified atom stereocenters. The maximum absolute atomic E-state index is 5.82. The summed E-state index contributed by atoms with van der Waals surface area (Å²) in [5, 5.41) is 0. The molecule has 2 heterocycles. The van der Waals surface area contributed by atoms with Gasteiger partial charge in [-0.2, -0.15) is 0 Å². The van der Waals surface area contributed by atoms with E-state index in [-0.39, 0.29) is 0 Å². The van der Waals surface area contributed by atoms with Crippen LogP contribution in [0.5, 0.6) is 0 Å². The molecular weight excluding hydrogens is 246 g/mol. The highest BCUT2D eigenvalue weighted by Gasteiger charge is 2.08. The Balaban J connectivity index is 1.86. The van der Waals surface area contributed by atoms with E-state index in [1.54, 1.807) is 0 Å². The molecule has 0 aliphatic rings. The minimum Gasteiger partial charge on any atom is -0.399 e. The van der Waals surface area contributed by atoms with Crippen LogP contribution in [0.4, 0.5) is 5.69 Å². The molecule has 102 valence electrons. The van der Waals surface area contributed by atoms with Crippen LogP contribution in [-0.4, -0.2) is 9.38 Å². The zero-order valence-electron chi connectivity index (χ0n) is 11.9. The Hall–Kier alpha value is -2.29. The summed E-state index contributed by atoms with van der Waals surface area (Å²) in [4.78, 5) is 4.74. The molecule has 0 atom stereocenters. The highest BCUT2D eigenvalue weighted by atomic mass is 15.0. The van der Waals surface area contributed by atoms with Crippen LogP contribution in [0.1, 0.15) is 22.5 Å². The highest BCUT2D eigenvalue weighted by molar-refractivity contribution is 5.46. The van der Waals surface area contributed by atoms with E-state index in [0.29, 0.717) is 0 Å². The van der Waals surface area contributed by atoms with Crippen molar-refractivity contribution in [2.45, 2.75) is 26.7 Å². The number of nitrogen functional groups attached to an aromatic ring is 1. The topological polar surface area (TPSA) is 43.3 Å². The molecule has 3 nitrogen and oxygen atoms in total. The summed E-state index contributed by atoms with van der Waals surface area (Å²) in [7, 11) is 0. The summed E-state index contributed by atoms with van der Waals surface area (Å²) in [5.74, 6) is 0. The first kappa shape index (κ1) is 12.7. The number of aryl methyl sites for hydroxylation is 4. The number of anilines is 1. The van der Waals surface area contributed by atoms with Crippen LogP contribution < -0.4 is 5.73 Å². The number of imidazole rings is 1. The van der Waals surface area contributed by atoms with Gasteiger partial charge in [0, 0.05) is 17.6 Å². The van der Waals surface area contributed by atoms with E-state index in [1.165, 1.54) is 16.8 Å². The van der Waals surface area contributed by atoms with Gasteiger partial charge in [0.15, 0.2) is 0 Å². The van der Waals surface area contributed by atoms with Crippen molar-refractivity contribution in [1.82, 2.24) is 9.38 Å². The largest absolute Gasteiger partial charge is 0.399 e. The summed E-state index contributed by atoms with van der Waals surface area (Å²) >= 11 is 0. The van der Waals surface area contributed by atoms with Crippen molar-refractivity contribution < 1.29 is 0 Å². The number of benzene rings is 1. The van der Waals surface area contributed by atoms with Gasteiger partial charge in [-0.1, -0.05) is 12.1 Å². The Morgan fingerprint density at radius 2 is 1.95 bits per heavy atom. The predicted octanol–water partition coefficient (Wildman–Crippen LogP) is 3.32. The summed E-state index contributed by atoms with van der Waals surface area (Å²) in [6.07, 6.45) is 4.00. The average Bonchev–Trinajstić information content (AvgIpc) is 2.72. The van der Waals surface area contributed by atoms with E-state index in [0.717, 1.165) is 29.9 Å². The smallest absolute Gasteiger partial charge is 0.137 e. The molecule has 0 amide bonds. The van der Waals surface area contributed by atoms with Crippen molar-refractivity contribution in [1.29, 1.82) is 0 Å². The molecule has 0 radical (unpaired) electrons. The maximum Gasteiger partial charge on any atom is 0.137 e. The Bertz CT molecular complexity index is 756. The fourth-order valence-corrected chi connectivity index (χ4v) is 2.57. The van der Waals surface area contributed by atoms with E-state index in [1.807, 2.05) is 18.2 Å². The normalized spacial score (nSPS) is 11.1. The van der Waals surface area contributed by atoms with Crippen molar-refractivity contribution in [2.75, 3.05) is 5.73 Å². The SMILES string of the molecule is Cc1ccn2c(C)c(CCc3cccc(N)c3)nc2c1. The Morgan fingerprint density at radius 1 is 1.10 bits per heavy atom. The first-order valence-electron chi connectivity index (χ1n) is 6.92. The molecule has 2 N–H and O–H groups in total. The van der Waals surface area contributed by atoms with Gasteiger partial charge >= 0.3 is 0 Å². The first-order chi connectivity index (χ1) is 9.63. The highest BCUT2D eigenvalue weighted by Crippen LogP contribution is 2.16. The summed E-state index contributed by atoms with van der Waals surface area (Å²) in [6, 6.07) is 12.3. The zero-order valence-corrected chi connectivity index (χ0v) is 11.9. The number of nitrogens with zero attached hydrogens (tertiary/aromatic N) is 2. The standard InChI is InChI=1S/C17H19N3/c1-12-8-9-20-13(2)16(19-17(20)10-12)7-6-14-4-3-5-15(18)11-14/h3-5,8-11H,6-7,18H2,1-2H3. The molecule has 2 aromatic heterocycles. The summed E-state index contributed by atoms with van der Waals surface area (Å²) in [5.41, 5.74) is 12.6. The molecular formula is C17H19N3. The molecule has 3 aromatic rings. The maximum atomic E-state index is 5.82. The summed E-state index contributed by atoms with van der Waals surface area (Å²) < 4.78 is 2.15. The molecule has 3 rings (SSSR count). The average molecular weight is 265 g/mol. The molecule has 3 heteroatoms. The third-order valence-electron chi connectivity index (χ3n) is 3.72. The van der Waals surface area contributed by atoms with Gasteiger partial charge in [0.25, 0.3) is 0 Å². The lowest BCUT2D eigenvalue weighted by atomic mass is 10.1. The fourth-order valence-electron chi connectivity index (χ4n) is 2.57. The molecule has 0 fully saturated rings. The van der Waals surface area contributed by atoms with E-state index >= 15 is 0 Å². The molecule has 0 saturated carbocycles. The number of hydrogen-bond acceptors (Lipinski definition) is 2. The van der Waals surface area contributed by atoms with E-state index in [9.17, 15) is 0 Å². The number of hydrogen-bond donors (Lipinski definition) is 1. The Morgan fingerprint density at radius 3 is 2.75 bits per heavy atom. The lowest BCUT2D eigenvalue weighted by Crippen LogP contribution is -1.95. The van der Waals surface area contributed by atoms with Crippen molar-refractivity contribution in [3.63, 3.8) is 0 Å². The van der Waals surface area contributed by atoms with E-state index in [2.05, 4.69) is 42.6 Å². The van der Waals surface area contributed by atoms with Crippen LogP contribution in [0.15, 0.2) is 42.6 Å². The second kappa shape index (κ2) is 5.00. The van der Waals surface area contributed by atoms with Crippen LogP contribution in [0.25, 0.3) is 5.65 Å². The number of pyridine rings is 1. The molecule has 1 aromatic carbocycles. The van der Waals surface area contributed by atoms with Gasteiger partial charge in [0.2, 0.25) is 0 Å². The van der Waals surface area contributed by atoms with Crippen molar-refractivity contribution in [2.24, 2.45) is 0 Å². The van der Waals surface area contributed by atoms with Gasteiger partial charge in [-0.15, -0.1) is 0 Å². The Labute approximate surface area is 119 Å². The minimum absolute atomic E-state index is 0.824. The third-order valence-corrected chi connectivity index (χ3v) is 3.72. The Kier molecular flexibility index (Phi) is 3.18. The van der Waals surface area contributed by atoms with Crippen molar-refractivity contribution in [3.8, 4) is 0 Å². The lowest BCUT2D eigenvalue weighted by Gasteiger charge is -2.02. The molecule has 0 aliphatic carbocycles. The third kappa shape index (κ3) is 2.39. The van der Waals surface area contributed by atoms with E-state index in [4.69, 9.17) is 10.7 Å². The van der Waals surface area contributed by atoms with Gasteiger partial charge in [-0.25, -0.2) is 4.98 Å². The van der Waals surface area contributed by atoms with E-state index < -0.39 is 0 Å². The number of aromatic nitrogens is 2. The molecule has 0 aliphatic heterocycles. The van der Waals surface area contributed by atoms with Crippen LogP contribution in [0.2, 0.25) is 0 Å². The molecule has 0 saturated heterocycles.